The Bertz CT molecular complexity index is 650. The Labute approximate surface area is 141 Å². The number of ether oxygens (including phenoxy) is 1. The predicted molar refractivity (Wildman–Crippen MR) is 89.5 cm³/mol. The van der Waals surface area contributed by atoms with Gasteiger partial charge in [-0.1, -0.05) is 35.5 Å². The summed E-state index contributed by atoms with van der Waals surface area (Å²) in [6.45, 7) is 6.88. The summed E-state index contributed by atoms with van der Waals surface area (Å²) in [5, 5.41) is 7.79. The summed E-state index contributed by atoms with van der Waals surface area (Å²) >= 11 is 0. The smallest absolute Gasteiger partial charge is 0.360 e. The molecule has 1 aromatic heterocycles. The van der Waals surface area contributed by atoms with E-state index in [-0.39, 0.29) is 5.69 Å². The van der Waals surface area contributed by atoms with Gasteiger partial charge < -0.3 is 4.74 Å². The summed E-state index contributed by atoms with van der Waals surface area (Å²) in [6, 6.07) is 10.6. The molecule has 0 N–H and O–H groups in total. The highest BCUT2D eigenvalue weighted by Gasteiger charge is 2.17. The third-order valence-corrected chi connectivity index (χ3v) is 4.29. The number of hydrogen-bond acceptors (Lipinski definition) is 6. The second-order valence-electron chi connectivity index (χ2n) is 5.96. The molecule has 7 heteroatoms. The first kappa shape index (κ1) is 16.6. The van der Waals surface area contributed by atoms with E-state index in [1.54, 1.807) is 10.9 Å². The molecule has 0 amide bonds. The number of nitrogens with zero attached hydrogens (tertiary/aromatic N) is 5. The van der Waals surface area contributed by atoms with Gasteiger partial charge in [-0.05, 0) is 5.56 Å². The van der Waals surface area contributed by atoms with Gasteiger partial charge in [-0.3, -0.25) is 14.5 Å². The lowest BCUT2D eigenvalue weighted by Gasteiger charge is -2.34. The lowest BCUT2D eigenvalue weighted by Crippen LogP contribution is -2.46. The monoisotopic (exact) mass is 329 g/mol. The van der Waals surface area contributed by atoms with Gasteiger partial charge in [-0.2, -0.15) is 0 Å². The minimum atomic E-state index is -0.448. The summed E-state index contributed by atoms with van der Waals surface area (Å²) in [5.74, 6) is -0.448. The molecule has 1 fully saturated rings. The molecule has 1 aliphatic rings. The lowest BCUT2D eigenvalue weighted by molar-refractivity contribution is 0.0594. The molecule has 0 unspecified atom stereocenters. The quantitative estimate of drug-likeness (QED) is 0.733. The van der Waals surface area contributed by atoms with E-state index in [4.69, 9.17) is 0 Å². The number of methoxy groups -OCH3 is 1. The van der Waals surface area contributed by atoms with Crippen LogP contribution in [0.5, 0.6) is 0 Å². The van der Waals surface area contributed by atoms with Gasteiger partial charge in [0, 0.05) is 39.3 Å². The molecule has 0 radical (unpaired) electrons. The highest BCUT2D eigenvalue weighted by molar-refractivity contribution is 5.86. The fraction of sp³-hybridized carbons (Fsp3) is 0.471. The van der Waals surface area contributed by atoms with E-state index in [2.05, 4.69) is 55.2 Å². The van der Waals surface area contributed by atoms with Gasteiger partial charge in [0.25, 0.3) is 0 Å². The summed E-state index contributed by atoms with van der Waals surface area (Å²) in [5.41, 5.74) is 1.62. The number of benzene rings is 1. The Morgan fingerprint density at radius 3 is 2.50 bits per heavy atom. The van der Waals surface area contributed by atoms with Gasteiger partial charge in [0.2, 0.25) is 0 Å². The molecule has 0 spiro atoms. The Morgan fingerprint density at radius 1 is 1.08 bits per heavy atom. The minimum absolute atomic E-state index is 0.255. The highest BCUT2D eigenvalue weighted by atomic mass is 16.5. The molecule has 2 aromatic rings. The van der Waals surface area contributed by atoms with Gasteiger partial charge in [0.15, 0.2) is 5.69 Å². The van der Waals surface area contributed by atoms with Crippen LogP contribution in [0.3, 0.4) is 0 Å². The zero-order chi connectivity index (χ0) is 16.8. The molecule has 24 heavy (non-hydrogen) atoms. The van der Waals surface area contributed by atoms with Crippen LogP contribution in [0, 0.1) is 0 Å². The minimum Gasteiger partial charge on any atom is -0.464 e. The van der Waals surface area contributed by atoms with Crippen LogP contribution >= 0.6 is 0 Å². The van der Waals surface area contributed by atoms with Crippen molar-refractivity contribution >= 4 is 5.97 Å². The Balaban J connectivity index is 1.41. The summed E-state index contributed by atoms with van der Waals surface area (Å²) in [7, 11) is 1.34. The average molecular weight is 329 g/mol. The molecule has 7 nitrogen and oxygen atoms in total. The summed E-state index contributed by atoms with van der Waals surface area (Å²) in [6.07, 6.45) is 1.64. The largest absolute Gasteiger partial charge is 0.464 e. The van der Waals surface area contributed by atoms with E-state index < -0.39 is 5.97 Å². The Morgan fingerprint density at radius 2 is 1.79 bits per heavy atom. The van der Waals surface area contributed by atoms with Crippen molar-refractivity contribution in [3.63, 3.8) is 0 Å². The van der Waals surface area contributed by atoms with Crippen molar-refractivity contribution in [2.45, 2.75) is 13.1 Å². The van der Waals surface area contributed by atoms with Crippen molar-refractivity contribution in [2.75, 3.05) is 39.8 Å². The van der Waals surface area contributed by atoms with Crippen molar-refractivity contribution in [1.82, 2.24) is 24.8 Å². The van der Waals surface area contributed by atoms with Crippen molar-refractivity contribution in [3.8, 4) is 0 Å². The highest BCUT2D eigenvalue weighted by Crippen LogP contribution is 2.08. The number of hydrogen-bond donors (Lipinski definition) is 0. The van der Waals surface area contributed by atoms with Gasteiger partial charge in [0.1, 0.15) is 0 Å². The molecule has 2 heterocycles. The number of aromatic nitrogens is 3. The van der Waals surface area contributed by atoms with Gasteiger partial charge in [-0.15, -0.1) is 5.10 Å². The molecule has 1 saturated heterocycles. The lowest BCUT2D eigenvalue weighted by atomic mass is 10.2. The van der Waals surface area contributed by atoms with Crippen LogP contribution in [-0.2, 0) is 17.8 Å². The molecule has 0 bridgehead atoms. The van der Waals surface area contributed by atoms with Crippen LogP contribution in [0.15, 0.2) is 36.5 Å². The standard InChI is InChI=1S/C17H23N5O2/c1-24-17(23)16-14-22(19-18-16)12-11-20-7-9-21(10-8-20)13-15-5-3-2-4-6-15/h2-6,14H,7-13H2,1H3. The number of piperazine rings is 1. The topological polar surface area (TPSA) is 63.5 Å². The van der Waals surface area contributed by atoms with Crippen LogP contribution in [0.4, 0.5) is 0 Å². The van der Waals surface area contributed by atoms with E-state index in [0.717, 1.165) is 45.8 Å². The first-order valence-electron chi connectivity index (χ1n) is 8.21. The molecule has 1 aromatic carbocycles. The van der Waals surface area contributed by atoms with Crippen molar-refractivity contribution < 1.29 is 9.53 Å². The zero-order valence-electron chi connectivity index (χ0n) is 14.0. The Hall–Kier alpha value is -2.25. The molecule has 3 rings (SSSR count). The van der Waals surface area contributed by atoms with E-state index in [1.807, 2.05) is 0 Å². The van der Waals surface area contributed by atoms with E-state index in [9.17, 15) is 4.79 Å². The molecule has 1 aliphatic heterocycles. The predicted octanol–water partition coefficient (Wildman–Crippen LogP) is 0.882. The second-order valence-corrected chi connectivity index (χ2v) is 5.96. The normalized spacial score (nSPS) is 16.2. The maximum Gasteiger partial charge on any atom is 0.360 e. The maximum absolute atomic E-state index is 11.4. The molecule has 0 saturated carbocycles. The van der Waals surface area contributed by atoms with Crippen LogP contribution in [0.2, 0.25) is 0 Å². The fourth-order valence-electron chi connectivity index (χ4n) is 2.86. The van der Waals surface area contributed by atoms with Crippen LogP contribution in [0.1, 0.15) is 16.1 Å². The van der Waals surface area contributed by atoms with Crippen LogP contribution < -0.4 is 0 Å². The molecule has 128 valence electrons. The zero-order valence-corrected chi connectivity index (χ0v) is 14.0. The summed E-state index contributed by atoms with van der Waals surface area (Å²) < 4.78 is 6.33. The van der Waals surface area contributed by atoms with Gasteiger partial charge >= 0.3 is 5.97 Å². The SMILES string of the molecule is COC(=O)c1cn(CCN2CCN(Cc3ccccc3)CC2)nn1. The Kier molecular flexibility index (Phi) is 5.55. The van der Waals surface area contributed by atoms with E-state index in [1.165, 1.54) is 12.7 Å². The molecular weight excluding hydrogens is 306 g/mol. The molecule has 0 atom stereocenters. The van der Waals surface area contributed by atoms with E-state index >= 15 is 0 Å². The fourth-order valence-corrected chi connectivity index (χ4v) is 2.86. The second kappa shape index (κ2) is 8.03. The van der Waals surface area contributed by atoms with Crippen LogP contribution in [-0.4, -0.2) is 70.6 Å². The number of carbonyl (C=O) groups excluding carboxylic acids is 1. The molecular formula is C17H23N5O2. The average Bonchev–Trinajstić information content (AvgIpc) is 3.10. The van der Waals surface area contributed by atoms with E-state index in [0.29, 0.717) is 0 Å². The maximum atomic E-state index is 11.4. The summed E-state index contributed by atoms with van der Waals surface area (Å²) in [4.78, 5) is 16.3. The molecule has 0 aliphatic carbocycles. The van der Waals surface area contributed by atoms with Crippen molar-refractivity contribution in [1.29, 1.82) is 0 Å². The third kappa shape index (κ3) is 4.39. The number of carbonyl (C=O) groups is 1. The number of esters is 1. The van der Waals surface area contributed by atoms with Gasteiger partial charge in [0.05, 0.1) is 19.9 Å². The number of rotatable bonds is 6. The first-order valence-corrected chi connectivity index (χ1v) is 8.21. The van der Waals surface area contributed by atoms with Crippen molar-refractivity contribution in [3.05, 3.63) is 47.8 Å². The third-order valence-electron chi connectivity index (χ3n) is 4.29. The van der Waals surface area contributed by atoms with Gasteiger partial charge in [-0.25, -0.2) is 4.79 Å². The van der Waals surface area contributed by atoms with Crippen molar-refractivity contribution in [2.24, 2.45) is 0 Å². The first-order chi connectivity index (χ1) is 11.7. The van der Waals surface area contributed by atoms with Crippen LogP contribution in [0.25, 0.3) is 0 Å².